The van der Waals surface area contributed by atoms with Crippen molar-refractivity contribution in [3.8, 4) is 22.7 Å². The van der Waals surface area contributed by atoms with Gasteiger partial charge in [0.05, 0.1) is 5.69 Å². The molecule has 0 radical (unpaired) electrons. The highest BCUT2D eigenvalue weighted by molar-refractivity contribution is 5.80. The Kier molecular flexibility index (Phi) is 4.00. The van der Waals surface area contributed by atoms with Crippen molar-refractivity contribution in [2.24, 2.45) is 0 Å². The molecule has 8 nitrogen and oxygen atoms in total. The molecule has 2 heterocycles. The van der Waals surface area contributed by atoms with Crippen LogP contribution in [0.15, 0.2) is 59.4 Å². The van der Waals surface area contributed by atoms with Gasteiger partial charge in [-0.1, -0.05) is 30.3 Å². The molecule has 0 bridgehead atoms. The molecule has 0 spiro atoms. The van der Waals surface area contributed by atoms with E-state index in [0.29, 0.717) is 34.2 Å². The number of rotatable bonds is 3. The number of benzene rings is 2. The van der Waals surface area contributed by atoms with Crippen LogP contribution in [0.3, 0.4) is 0 Å². The second kappa shape index (κ2) is 6.49. The van der Waals surface area contributed by atoms with Crippen molar-refractivity contribution < 1.29 is 9.53 Å². The van der Waals surface area contributed by atoms with Crippen LogP contribution in [0.2, 0.25) is 0 Å². The zero-order valence-corrected chi connectivity index (χ0v) is 14.7. The molecule has 0 fully saturated rings. The van der Waals surface area contributed by atoms with E-state index >= 15 is 0 Å². The van der Waals surface area contributed by atoms with Crippen molar-refractivity contribution in [1.29, 1.82) is 0 Å². The first kappa shape index (κ1) is 16.6. The Morgan fingerprint density at radius 2 is 1.70 bits per heavy atom. The maximum atomic E-state index is 13.0. The van der Waals surface area contributed by atoms with Gasteiger partial charge in [-0.25, -0.2) is 9.20 Å². The minimum atomic E-state index is -0.451. The predicted octanol–water partition coefficient (Wildman–Crippen LogP) is 2.18. The number of esters is 1. The number of carbonyl (C=O) groups excluding carboxylic acids is 1. The van der Waals surface area contributed by atoms with Gasteiger partial charge in [-0.2, -0.15) is 9.78 Å². The van der Waals surface area contributed by atoms with Crippen LogP contribution in [0.1, 0.15) is 12.7 Å². The maximum absolute atomic E-state index is 13.0. The third-order valence-corrected chi connectivity index (χ3v) is 4.01. The van der Waals surface area contributed by atoms with E-state index in [1.165, 1.54) is 16.0 Å². The van der Waals surface area contributed by atoms with Gasteiger partial charge >= 0.3 is 11.7 Å². The van der Waals surface area contributed by atoms with Crippen LogP contribution >= 0.6 is 0 Å². The molecular weight excluding hydrogens is 346 g/mol. The van der Waals surface area contributed by atoms with Gasteiger partial charge in [-0.15, -0.1) is 10.2 Å². The number of carbonyl (C=O) groups is 1. The first-order valence-electron chi connectivity index (χ1n) is 8.24. The van der Waals surface area contributed by atoms with Gasteiger partial charge < -0.3 is 4.74 Å². The van der Waals surface area contributed by atoms with E-state index < -0.39 is 5.97 Å². The molecule has 0 saturated carbocycles. The van der Waals surface area contributed by atoms with E-state index in [1.807, 2.05) is 18.2 Å². The summed E-state index contributed by atoms with van der Waals surface area (Å²) in [6.45, 7) is 3.02. The van der Waals surface area contributed by atoms with Crippen LogP contribution in [0.4, 0.5) is 0 Å². The summed E-state index contributed by atoms with van der Waals surface area (Å²) in [4.78, 5) is 24.4. The molecule has 4 aromatic rings. The lowest BCUT2D eigenvalue weighted by Gasteiger charge is -2.12. The SMILES string of the molecule is CC(=O)Oc1ccccc1-c1nn(-c2ccccc2)c(=O)n2c(C)nnc12. The van der Waals surface area contributed by atoms with E-state index in [1.54, 1.807) is 43.3 Å². The Hall–Kier alpha value is -3.81. The van der Waals surface area contributed by atoms with Gasteiger partial charge in [-0.3, -0.25) is 4.79 Å². The van der Waals surface area contributed by atoms with Crippen LogP contribution in [0, 0.1) is 6.92 Å². The minimum absolute atomic E-state index is 0.296. The number of aromatic nitrogens is 5. The average molecular weight is 361 g/mol. The van der Waals surface area contributed by atoms with Gasteiger partial charge in [0.2, 0.25) is 0 Å². The lowest BCUT2D eigenvalue weighted by atomic mass is 10.1. The lowest BCUT2D eigenvalue weighted by Crippen LogP contribution is -2.29. The smallest absolute Gasteiger partial charge is 0.356 e. The van der Waals surface area contributed by atoms with Crippen LogP contribution in [0.5, 0.6) is 5.75 Å². The Labute approximate surface area is 153 Å². The second-order valence-corrected chi connectivity index (χ2v) is 5.87. The molecule has 27 heavy (non-hydrogen) atoms. The van der Waals surface area contributed by atoms with E-state index in [0.717, 1.165) is 0 Å². The maximum Gasteiger partial charge on any atom is 0.356 e. The van der Waals surface area contributed by atoms with Crippen LogP contribution in [-0.2, 0) is 4.79 Å². The molecule has 0 saturated heterocycles. The molecule has 2 aromatic heterocycles. The molecule has 0 aliphatic carbocycles. The molecule has 4 rings (SSSR count). The summed E-state index contributed by atoms with van der Waals surface area (Å²) in [6, 6.07) is 16.0. The number of para-hydroxylation sites is 2. The third-order valence-electron chi connectivity index (χ3n) is 4.01. The Morgan fingerprint density at radius 1 is 1.00 bits per heavy atom. The van der Waals surface area contributed by atoms with E-state index in [4.69, 9.17) is 4.74 Å². The summed E-state index contributed by atoms with van der Waals surface area (Å²) in [5.41, 5.74) is 1.44. The molecule has 2 aromatic carbocycles. The molecule has 0 N–H and O–H groups in total. The molecular formula is C19H15N5O3. The number of fused-ring (bicyclic) bond motifs is 1. The summed E-state index contributed by atoms with van der Waals surface area (Å²) >= 11 is 0. The number of hydrogen-bond acceptors (Lipinski definition) is 6. The van der Waals surface area contributed by atoms with Crippen molar-refractivity contribution in [1.82, 2.24) is 24.4 Å². The molecule has 0 atom stereocenters. The van der Waals surface area contributed by atoms with Crippen molar-refractivity contribution in [3.05, 3.63) is 70.9 Å². The Balaban J connectivity index is 2.07. The van der Waals surface area contributed by atoms with E-state index in [-0.39, 0.29) is 5.69 Å². The van der Waals surface area contributed by atoms with Crippen LogP contribution in [0.25, 0.3) is 22.6 Å². The summed E-state index contributed by atoms with van der Waals surface area (Å²) in [7, 11) is 0. The van der Waals surface area contributed by atoms with Gasteiger partial charge in [0.25, 0.3) is 0 Å². The number of ether oxygens (including phenoxy) is 1. The van der Waals surface area contributed by atoms with Gasteiger partial charge in [0, 0.05) is 12.5 Å². The molecule has 8 heteroatoms. The fourth-order valence-electron chi connectivity index (χ4n) is 2.84. The fourth-order valence-corrected chi connectivity index (χ4v) is 2.84. The predicted molar refractivity (Wildman–Crippen MR) is 97.9 cm³/mol. The standard InChI is InChI=1S/C19H15N5O3/c1-12-20-21-18-17(15-10-6-7-11-16(15)27-13(2)25)22-24(19(26)23(12)18)14-8-4-3-5-9-14/h3-11H,1-2H3. The third kappa shape index (κ3) is 2.86. The Morgan fingerprint density at radius 3 is 2.44 bits per heavy atom. The van der Waals surface area contributed by atoms with Crippen molar-refractivity contribution >= 4 is 11.6 Å². The summed E-state index contributed by atoms with van der Waals surface area (Å²) in [6.07, 6.45) is 0. The van der Waals surface area contributed by atoms with Gasteiger partial charge in [-0.05, 0) is 31.2 Å². The zero-order chi connectivity index (χ0) is 19.0. The van der Waals surface area contributed by atoms with E-state index in [2.05, 4.69) is 15.3 Å². The number of nitrogens with zero attached hydrogens (tertiary/aromatic N) is 5. The highest BCUT2D eigenvalue weighted by Crippen LogP contribution is 2.30. The van der Waals surface area contributed by atoms with Crippen molar-refractivity contribution in [2.75, 3.05) is 0 Å². The summed E-state index contributed by atoms with van der Waals surface area (Å²) in [5.74, 6) is 0.319. The van der Waals surface area contributed by atoms with Gasteiger partial charge in [0.1, 0.15) is 17.3 Å². The largest absolute Gasteiger partial charge is 0.426 e. The van der Waals surface area contributed by atoms with Gasteiger partial charge in [0.15, 0.2) is 5.65 Å². The monoisotopic (exact) mass is 361 g/mol. The number of aryl methyl sites for hydroxylation is 1. The highest BCUT2D eigenvalue weighted by atomic mass is 16.5. The number of hydrogen-bond donors (Lipinski definition) is 0. The molecule has 0 aliphatic heterocycles. The second-order valence-electron chi connectivity index (χ2n) is 5.87. The molecule has 0 unspecified atom stereocenters. The van der Waals surface area contributed by atoms with E-state index in [9.17, 15) is 9.59 Å². The molecule has 0 amide bonds. The fraction of sp³-hybridized carbons (Fsp3) is 0.105. The molecule has 134 valence electrons. The quantitative estimate of drug-likeness (QED) is 0.410. The zero-order valence-electron chi connectivity index (χ0n) is 14.7. The van der Waals surface area contributed by atoms with Crippen LogP contribution < -0.4 is 10.4 Å². The van der Waals surface area contributed by atoms with Crippen LogP contribution in [-0.4, -0.2) is 30.3 Å². The summed E-state index contributed by atoms with van der Waals surface area (Å²) in [5, 5.41) is 12.6. The normalized spacial score (nSPS) is 10.9. The lowest BCUT2D eigenvalue weighted by molar-refractivity contribution is -0.131. The molecule has 0 aliphatic rings. The highest BCUT2D eigenvalue weighted by Gasteiger charge is 2.20. The van der Waals surface area contributed by atoms with Crippen molar-refractivity contribution in [3.63, 3.8) is 0 Å². The first-order chi connectivity index (χ1) is 13.1. The topological polar surface area (TPSA) is 91.4 Å². The average Bonchev–Trinajstić information content (AvgIpc) is 3.05. The Bertz CT molecular complexity index is 1210. The van der Waals surface area contributed by atoms with Crippen molar-refractivity contribution in [2.45, 2.75) is 13.8 Å². The summed E-state index contributed by atoms with van der Waals surface area (Å²) < 4.78 is 7.98. The first-order valence-corrected chi connectivity index (χ1v) is 8.24. The minimum Gasteiger partial charge on any atom is -0.426 e.